The number of furan rings is 1. The second kappa shape index (κ2) is 4.74. The van der Waals surface area contributed by atoms with Gasteiger partial charge in [0.05, 0.1) is 5.01 Å². The van der Waals surface area contributed by atoms with Gasteiger partial charge in [-0.1, -0.05) is 20.8 Å². The molecule has 20 heavy (non-hydrogen) atoms. The molecule has 106 valence electrons. The maximum atomic E-state index is 11.3. The molecule has 5 heteroatoms. The van der Waals surface area contributed by atoms with Crippen molar-refractivity contribution < 1.29 is 14.3 Å². The van der Waals surface area contributed by atoms with Crippen molar-refractivity contribution in [1.82, 2.24) is 4.98 Å². The number of carboxylic acids is 1. The van der Waals surface area contributed by atoms with Gasteiger partial charge < -0.3 is 9.52 Å². The molecule has 2 aromatic rings. The van der Waals surface area contributed by atoms with Crippen molar-refractivity contribution in [1.29, 1.82) is 0 Å². The van der Waals surface area contributed by atoms with Crippen molar-refractivity contribution >= 4 is 17.3 Å². The first-order chi connectivity index (χ1) is 9.47. The highest BCUT2D eigenvalue weighted by molar-refractivity contribution is 7.15. The third kappa shape index (κ3) is 2.26. The molecular formula is C15H17NO3S. The quantitative estimate of drug-likeness (QED) is 0.909. The van der Waals surface area contributed by atoms with Crippen molar-refractivity contribution in [2.75, 3.05) is 0 Å². The van der Waals surface area contributed by atoms with Crippen LogP contribution in [0.15, 0.2) is 16.5 Å². The van der Waals surface area contributed by atoms with Gasteiger partial charge in [-0.25, -0.2) is 9.78 Å². The lowest BCUT2D eigenvalue weighted by Crippen LogP contribution is -1.99. The molecule has 1 fully saturated rings. The van der Waals surface area contributed by atoms with Gasteiger partial charge in [-0.15, -0.1) is 11.3 Å². The Bertz CT molecular complexity index is 656. The molecule has 0 aromatic carbocycles. The molecule has 1 N–H and O–H groups in total. The monoisotopic (exact) mass is 291 g/mol. The average molecular weight is 291 g/mol. The number of aromatic carboxylic acids is 1. The summed E-state index contributed by atoms with van der Waals surface area (Å²) in [4.78, 5) is 16.2. The Hall–Kier alpha value is -1.62. The maximum absolute atomic E-state index is 11.3. The van der Waals surface area contributed by atoms with Crippen molar-refractivity contribution in [2.24, 2.45) is 5.92 Å². The van der Waals surface area contributed by atoms with Crippen molar-refractivity contribution in [3.05, 3.63) is 28.6 Å². The fourth-order valence-electron chi connectivity index (χ4n) is 2.29. The molecule has 2 heterocycles. The Morgan fingerprint density at radius 2 is 2.20 bits per heavy atom. The minimum Gasteiger partial charge on any atom is -0.476 e. The smallest absolute Gasteiger partial charge is 0.356 e. The fourth-order valence-corrected chi connectivity index (χ4v) is 3.31. The molecule has 0 bridgehead atoms. The lowest BCUT2D eigenvalue weighted by Gasteiger charge is -1.95. The first-order valence-electron chi connectivity index (χ1n) is 6.81. The van der Waals surface area contributed by atoms with Crippen LogP contribution in [0.25, 0.3) is 10.6 Å². The number of thiazole rings is 1. The van der Waals surface area contributed by atoms with Gasteiger partial charge in [-0.05, 0) is 24.5 Å². The van der Waals surface area contributed by atoms with Gasteiger partial charge in [0.15, 0.2) is 5.69 Å². The molecule has 0 aliphatic heterocycles. The summed E-state index contributed by atoms with van der Waals surface area (Å²) in [6.45, 7) is 6.21. The Balaban J connectivity index is 2.00. The van der Waals surface area contributed by atoms with Crippen LogP contribution in [0.1, 0.15) is 60.3 Å². The first kappa shape index (κ1) is 13.4. The number of carboxylic acid groups (broad SMARTS) is 1. The highest BCUT2D eigenvalue weighted by Crippen LogP contribution is 2.48. The highest BCUT2D eigenvalue weighted by Gasteiger charge is 2.37. The maximum Gasteiger partial charge on any atom is 0.356 e. The largest absolute Gasteiger partial charge is 0.476 e. The molecular weight excluding hydrogens is 274 g/mol. The van der Waals surface area contributed by atoms with Crippen LogP contribution in [0.3, 0.4) is 0 Å². The molecule has 0 spiro atoms. The Morgan fingerprint density at radius 3 is 2.75 bits per heavy atom. The van der Waals surface area contributed by atoms with Gasteiger partial charge in [-0.2, -0.15) is 0 Å². The van der Waals surface area contributed by atoms with E-state index < -0.39 is 5.97 Å². The standard InChI is InChI=1S/C15H17NO3S/c1-7(2)14-16-12(15(17)18)13(20-14)11-5-4-10(19-11)9-6-8(9)3/h4-5,7-9H,6H2,1-3H3,(H,17,18). The van der Waals surface area contributed by atoms with E-state index in [4.69, 9.17) is 4.42 Å². The van der Waals surface area contributed by atoms with E-state index in [1.165, 1.54) is 11.3 Å². The van der Waals surface area contributed by atoms with Crippen LogP contribution in [0.5, 0.6) is 0 Å². The van der Waals surface area contributed by atoms with Crippen molar-refractivity contribution in [3.63, 3.8) is 0 Å². The van der Waals surface area contributed by atoms with E-state index in [9.17, 15) is 9.90 Å². The van der Waals surface area contributed by atoms with E-state index in [0.717, 1.165) is 17.2 Å². The van der Waals surface area contributed by atoms with Crippen LogP contribution in [0.2, 0.25) is 0 Å². The molecule has 0 amide bonds. The van der Waals surface area contributed by atoms with E-state index >= 15 is 0 Å². The van der Waals surface area contributed by atoms with Gasteiger partial charge in [0.1, 0.15) is 16.4 Å². The molecule has 3 rings (SSSR count). The van der Waals surface area contributed by atoms with E-state index in [2.05, 4.69) is 11.9 Å². The van der Waals surface area contributed by atoms with E-state index in [1.54, 1.807) is 0 Å². The Kier molecular flexibility index (Phi) is 3.17. The lowest BCUT2D eigenvalue weighted by atomic mass is 10.2. The number of carbonyl (C=O) groups is 1. The van der Waals surface area contributed by atoms with Crippen LogP contribution >= 0.6 is 11.3 Å². The van der Waals surface area contributed by atoms with Gasteiger partial charge in [0, 0.05) is 11.8 Å². The average Bonchev–Trinajstić information content (AvgIpc) is 2.87. The van der Waals surface area contributed by atoms with Gasteiger partial charge in [0.25, 0.3) is 0 Å². The summed E-state index contributed by atoms with van der Waals surface area (Å²) in [7, 11) is 0. The molecule has 2 atom stereocenters. The predicted octanol–water partition coefficient (Wildman–Crippen LogP) is 4.35. The lowest BCUT2D eigenvalue weighted by molar-refractivity contribution is 0.0691. The molecule has 2 aromatic heterocycles. The minimum atomic E-state index is -0.999. The third-order valence-corrected chi connectivity index (χ3v) is 5.04. The summed E-state index contributed by atoms with van der Waals surface area (Å²) in [5.74, 6) is 1.96. The number of hydrogen-bond acceptors (Lipinski definition) is 4. The molecule has 1 aliphatic rings. The molecule has 4 nitrogen and oxygen atoms in total. The number of rotatable bonds is 4. The second-order valence-corrected chi connectivity index (χ2v) is 6.74. The Labute approximate surface area is 121 Å². The van der Waals surface area contributed by atoms with Crippen LogP contribution in [0.4, 0.5) is 0 Å². The predicted molar refractivity (Wildman–Crippen MR) is 77.4 cm³/mol. The van der Waals surface area contributed by atoms with Crippen LogP contribution in [0, 0.1) is 5.92 Å². The third-order valence-electron chi connectivity index (χ3n) is 3.67. The minimum absolute atomic E-state index is 0.100. The molecule has 0 saturated heterocycles. The van der Waals surface area contributed by atoms with Gasteiger partial charge in [0.2, 0.25) is 0 Å². The van der Waals surface area contributed by atoms with Crippen molar-refractivity contribution in [3.8, 4) is 10.6 Å². The SMILES string of the molecule is CC(C)c1nc(C(=O)O)c(-c2ccc(C3CC3C)o2)s1. The highest BCUT2D eigenvalue weighted by atomic mass is 32.1. The number of hydrogen-bond donors (Lipinski definition) is 1. The zero-order chi connectivity index (χ0) is 14.4. The summed E-state index contributed by atoms with van der Waals surface area (Å²) in [5.41, 5.74) is 0.100. The van der Waals surface area contributed by atoms with Gasteiger partial charge in [-0.3, -0.25) is 0 Å². The zero-order valence-electron chi connectivity index (χ0n) is 11.7. The summed E-state index contributed by atoms with van der Waals surface area (Å²) in [6.07, 6.45) is 1.15. The van der Waals surface area contributed by atoms with E-state index in [1.807, 2.05) is 26.0 Å². The topological polar surface area (TPSA) is 63.3 Å². The van der Waals surface area contributed by atoms with Crippen LogP contribution < -0.4 is 0 Å². The van der Waals surface area contributed by atoms with E-state index in [-0.39, 0.29) is 11.6 Å². The van der Waals surface area contributed by atoms with Crippen molar-refractivity contribution in [2.45, 2.75) is 39.0 Å². The molecule has 1 aliphatic carbocycles. The molecule has 2 unspecified atom stereocenters. The second-order valence-electron chi connectivity index (χ2n) is 5.71. The molecule has 1 saturated carbocycles. The first-order valence-corrected chi connectivity index (χ1v) is 7.63. The fraction of sp³-hybridized carbons (Fsp3) is 0.467. The summed E-state index contributed by atoms with van der Waals surface area (Å²) >= 11 is 1.41. The van der Waals surface area contributed by atoms with E-state index in [0.29, 0.717) is 22.5 Å². The Morgan fingerprint density at radius 1 is 1.50 bits per heavy atom. The normalized spacial score (nSPS) is 21.4. The van der Waals surface area contributed by atoms with Crippen LogP contribution in [-0.4, -0.2) is 16.1 Å². The van der Waals surface area contributed by atoms with Crippen LogP contribution in [-0.2, 0) is 0 Å². The molecule has 0 radical (unpaired) electrons. The summed E-state index contributed by atoms with van der Waals surface area (Å²) in [6, 6.07) is 3.83. The number of aromatic nitrogens is 1. The summed E-state index contributed by atoms with van der Waals surface area (Å²) in [5, 5.41) is 10.1. The van der Waals surface area contributed by atoms with Gasteiger partial charge >= 0.3 is 5.97 Å². The summed E-state index contributed by atoms with van der Waals surface area (Å²) < 4.78 is 5.86. The number of nitrogens with zero attached hydrogens (tertiary/aromatic N) is 1. The zero-order valence-corrected chi connectivity index (χ0v) is 12.5.